The second kappa shape index (κ2) is 15.7. The summed E-state index contributed by atoms with van der Waals surface area (Å²) in [6.07, 6.45) is 7.26. The average molecular weight is 683 g/mol. The van der Waals surface area contributed by atoms with Gasteiger partial charge >= 0.3 is 0 Å². The Hall–Kier alpha value is -3.17. The summed E-state index contributed by atoms with van der Waals surface area (Å²) in [7, 11) is -3.58. The van der Waals surface area contributed by atoms with Crippen molar-refractivity contribution in [1.82, 2.24) is 10.2 Å². The van der Waals surface area contributed by atoms with Crippen molar-refractivity contribution in [3.8, 4) is 0 Å². The molecule has 0 bridgehead atoms. The molecule has 1 atom stereocenters. The summed E-state index contributed by atoms with van der Waals surface area (Å²) in [6, 6.07) is 22.7. The van der Waals surface area contributed by atoms with Gasteiger partial charge in [-0.05, 0) is 73.6 Å². The van der Waals surface area contributed by atoms with Gasteiger partial charge < -0.3 is 10.2 Å². The Morgan fingerprint density at radius 1 is 0.932 bits per heavy atom. The minimum atomic E-state index is -3.58. The number of nitrogens with one attached hydrogen (secondary N) is 1. The first-order chi connectivity index (χ1) is 21.0. The van der Waals surface area contributed by atoms with Crippen LogP contribution in [0.4, 0.5) is 5.69 Å². The van der Waals surface area contributed by atoms with Crippen LogP contribution in [0.25, 0.3) is 0 Å². The Morgan fingerprint density at radius 2 is 1.64 bits per heavy atom. The van der Waals surface area contributed by atoms with Gasteiger partial charge in [-0.3, -0.25) is 13.9 Å². The van der Waals surface area contributed by atoms with Crippen LogP contribution in [0.15, 0.2) is 77.3 Å². The lowest BCUT2D eigenvalue weighted by molar-refractivity contribution is -0.141. The Kier molecular flexibility index (Phi) is 12.0. The SMILES string of the molecule is Cc1ccc(C)c(N(CCCC(=O)N(Cc2cccc(Br)c2)C(Cc2ccccc2)C(=O)NC2CCCCC2)S(C)(=O)=O)c1. The highest BCUT2D eigenvalue weighted by atomic mass is 79.9. The molecule has 3 aromatic rings. The zero-order valence-corrected chi connectivity index (χ0v) is 28.4. The number of hydrogen-bond acceptors (Lipinski definition) is 4. The zero-order chi connectivity index (χ0) is 31.7. The van der Waals surface area contributed by atoms with Crippen molar-refractivity contribution < 1.29 is 18.0 Å². The van der Waals surface area contributed by atoms with Crippen molar-refractivity contribution in [2.24, 2.45) is 0 Å². The molecule has 9 heteroatoms. The number of nitrogens with zero attached hydrogens (tertiary/aromatic N) is 2. The number of sulfonamides is 1. The highest BCUT2D eigenvalue weighted by molar-refractivity contribution is 9.10. The van der Waals surface area contributed by atoms with Crippen molar-refractivity contribution in [1.29, 1.82) is 0 Å². The Bertz CT molecular complexity index is 1520. The van der Waals surface area contributed by atoms with Crippen molar-refractivity contribution in [3.63, 3.8) is 0 Å². The third-order valence-corrected chi connectivity index (χ3v) is 9.92. The normalized spacial score (nSPS) is 14.5. The van der Waals surface area contributed by atoms with E-state index < -0.39 is 16.1 Å². The maximum absolute atomic E-state index is 14.1. The maximum Gasteiger partial charge on any atom is 0.243 e. The molecule has 3 aromatic carbocycles. The second-order valence-electron chi connectivity index (χ2n) is 11.9. The van der Waals surface area contributed by atoms with Gasteiger partial charge in [-0.15, -0.1) is 0 Å². The van der Waals surface area contributed by atoms with E-state index in [0.29, 0.717) is 18.5 Å². The fraction of sp³-hybridized carbons (Fsp3) is 0.429. The molecular weight excluding hydrogens is 638 g/mol. The number of amides is 2. The minimum Gasteiger partial charge on any atom is -0.352 e. The minimum absolute atomic E-state index is 0.104. The van der Waals surface area contributed by atoms with Gasteiger partial charge in [0.05, 0.1) is 11.9 Å². The molecular formula is C35H44BrN3O4S. The molecule has 0 heterocycles. The van der Waals surface area contributed by atoms with E-state index in [1.807, 2.05) is 86.6 Å². The molecule has 1 saturated carbocycles. The van der Waals surface area contributed by atoms with E-state index in [1.165, 1.54) is 17.0 Å². The molecule has 1 N–H and O–H groups in total. The molecule has 0 spiro atoms. The number of anilines is 1. The van der Waals surface area contributed by atoms with Crippen molar-refractivity contribution in [2.75, 3.05) is 17.1 Å². The van der Waals surface area contributed by atoms with E-state index >= 15 is 0 Å². The van der Waals surface area contributed by atoms with E-state index in [2.05, 4.69) is 21.2 Å². The number of carbonyl (C=O) groups is 2. The lowest BCUT2D eigenvalue weighted by Crippen LogP contribution is -2.53. The van der Waals surface area contributed by atoms with Gasteiger partial charge in [0.15, 0.2) is 0 Å². The van der Waals surface area contributed by atoms with Gasteiger partial charge in [0.1, 0.15) is 6.04 Å². The molecule has 0 radical (unpaired) electrons. The standard InChI is InChI=1S/C35H44BrN3O4S/c1-26-19-20-27(2)32(22-26)39(44(3,42)43)21-11-18-34(40)38(25-29-14-10-15-30(36)23-29)33(24-28-12-6-4-7-13-28)35(41)37-31-16-8-5-9-17-31/h4,6-7,10,12-15,19-20,22-23,31,33H,5,8-9,11,16-18,21,24-25H2,1-3H3,(H,37,41). The van der Waals surface area contributed by atoms with E-state index in [4.69, 9.17) is 0 Å². The first kappa shape index (κ1) is 33.7. The van der Waals surface area contributed by atoms with Crippen LogP contribution in [0.3, 0.4) is 0 Å². The second-order valence-corrected chi connectivity index (χ2v) is 14.8. The summed E-state index contributed by atoms with van der Waals surface area (Å²) in [4.78, 5) is 29.8. The number of hydrogen-bond donors (Lipinski definition) is 1. The van der Waals surface area contributed by atoms with E-state index in [9.17, 15) is 18.0 Å². The number of carbonyl (C=O) groups excluding carboxylic acids is 2. The topological polar surface area (TPSA) is 86.8 Å². The van der Waals surface area contributed by atoms with Gasteiger partial charge in [0, 0.05) is 36.4 Å². The van der Waals surface area contributed by atoms with E-state index in [1.54, 1.807) is 4.90 Å². The molecule has 0 aliphatic heterocycles. The molecule has 44 heavy (non-hydrogen) atoms. The van der Waals surface area contributed by atoms with Crippen molar-refractivity contribution in [2.45, 2.75) is 83.8 Å². The van der Waals surface area contributed by atoms with Gasteiger partial charge in [0.2, 0.25) is 21.8 Å². The van der Waals surface area contributed by atoms with Crippen molar-refractivity contribution in [3.05, 3.63) is 99.5 Å². The molecule has 1 aliphatic rings. The number of halogens is 1. The summed E-state index contributed by atoms with van der Waals surface area (Å²) >= 11 is 3.54. The smallest absolute Gasteiger partial charge is 0.243 e. The van der Waals surface area contributed by atoms with Gasteiger partial charge in [-0.2, -0.15) is 0 Å². The molecule has 1 unspecified atom stereocenters. The summed E-state index contributed by atoms with van der Waals surface area (Å²) in [5.41, 5.74) is 4.32. The summed E-state index contributed by atoms with van der Waals surface area (Å²) in [6.45, 7) is 4.24. The molecule has 0 saturated heterocycles. The number of aryl methyl sites for hydroxylation is 2. The summed E-state index contributed by atoms with van der Waals surface area (Å²) in [5, 5.41) is 3.27. The van der Waals surface area contributed by atoms with Gasteiger partial charge in [-0.25, -0.2) is 8.42 Å². The van der Waals surface area contributed by atoms with Crippen LogP contribution in [0.2, 0.25) is 0 Å². The van der Waals surface area contributed by atoms with Crippen LogP contribution in [-0.4, -0.2) is 50.0 Å². The molecule has 1 aliphatic carbocycles. The monoisotopic (exact) mass is 681 g/mol. The zero-order valence-electron chi connectivity index (χ0n) is 26.0. The van der Waals surface area contributed by atoms with E-state index in [0.717, 1.165) is 52.4 Å². The largest absolute Gasteiger partial charge is 0.352 e. The van der Waals surface area contributed by atoms with Crippen LogP contribution in [0.5, 0.6) is 0 Å². The highest BCUT2D eigenvalue weighted by Gasteiger charge is 2.32. The van der Waals surface area contributed by atoms with Crippen LogP contribution in [0, 0.1) is 13.8 Å². The Balaban J connectivity index is 1.60. The maximum atomic E-state index is 14.1. The summed E-state index contributed by atoms with van der Waals surface area (Å²) < 4.78 is 28.0. The predicted octanol–water partition coefficient (Wildman–Crippen LogP) is 6.70. The molecule has 0 aromatic heterocycles. The van der Waals surface area contributed by atoms with Crippen LogP contribution in [0.1, 0.15) is 67.2 Å². The quantitative estimate of drug-likeness (QED) is 0.218. The Morgan fingerprint density at radius 3 is 2.32 bits per heavy atom. The number of benzene rings is 3. The van der Waals surface area contributed by atoms with Gasteiger partial charge in [0.25, 0.3) is 0 Å². The molecule has 2 amide bonds. The van der Waals surface area contributed by atoms with Crippen LogP contribution in [-0.2, 0) is 32.6 Å². The number of rotatable bonds is 13. The lowest BCUT2D eigenvalue weighted by atomic mass is 9.94. The predicted molar refractivity (Wildman–Crippen MR) is 181 cm³/mol. The van der Waals surface area contributed by atoms with Crippen LogP contribution >= 0.6 is 15.9 Å². The Labute approximate surface area is 271 Å². The van der Waals surface area contributed by atoms with E-state index in [-0.39, 0.29) is 37.4 Å². The average Bonchev–Trinajstić information content (AvgIpc) is 2.99. The van der Waals surface area contributed by atoms with Crippen molar-refractivity contribution >= 4 is 43.5 Å². The lowest BCUT2D eigenvalue weighted by Gasteiger charge is -2.34. The highest BCUT2D eigenvalue weighted by Crippen LogP contribution is 2.25. The van der Waals surface area contributed by atoms with Crippen LogP contribution < -0.4 is 9.62 Å². The third-order valence-electron chi connectivity index (χ3n) is 8.25. The first-order valence-electron chi connectivity index (χ1n) is 15.4. The molecule has 236 valence electrons. The first-order valence-corrected chi connectivity index (χ1v) is 18.1. The summed E-state index contributed by atoms with van der Waals surface area (Å²) in [5.74, 6) is -0.323. The molecule has 4 rings (SSSR count). The van der Waals surface area contributed by atoms with Gasteiger partial charge in [-0.1, -0.05) is 89.8 Å². The third kappa shape index (κ3) is 9.66. The fourth-order valence-corrected chi connectivity index (χ4v) is 7.36. The fourth-order valence-electron chi connectivity index (χ4n) is 5.90. The molecule has 7 nitrogen and oxygen atoms in total. The molecule has 1 fully saturated rings.